The Kier molecular flexibility index (Phi) is 9.80. The van der Waals surface area contributed by atoms with Crippen LogP contribution in [0.2, 0.25) is 0 Å². The molecule has 0 saturated heterocycles. The number of anilines is 1. The van der Waals surface area contributed by atoms with E-state index in [9.17, 15) is 18.0 Å². The highest BCUT2D eigenvalue weighted by molar-refractivity contribution is 7.92. The van der Waals surface area contributed by atoms with Gasteiger partial charge in [0, 0.05) is 20.0 Å². The van der Waals surface area contributed by atoms with Crippen LogP contribution in [0, 0.1) is 20.8 Å². The molecule has 0 bridgehead atoms. The van der Waals surface area contributed by atoms with E-state index in [4.69, 9.17) is 0 Å². The van der Waals surface area contributed by atoms with Gasteiger partial charge in [-0.05, 0) is 67.3 Å². The van der Waals surface area contributed by atoms with Crippen molar-refractivity contribution < 1.29 is 18.0 Å². The molecule has 1 N–H and O–H groups in total. The van der Waals surface area contributed by atoms with E-state index >= 15 is 0 Å². The maximum atomic E-state index is 14.3. The van der Waals surface area contributed by atoms with Crippen molar-refractivity contribution >= 4 is 27.5 Å². The Hall–Kier alpha value is -4.43. The molecule has 0 aliphatic carbocycles. The van der Waals surface area contributed by atoms with Gasteiger partial charge in [0.05, 0.1) is 10.6 Å². The van der Waals surface area contributed by atoms with Crippen molar-refractivity contribution in [2.24, 2.45) is 0 Å². The lowest BCUT2D eigenvalue weighted by Gasteiger charge is -2.33. The minimum Gasteiger partial charge on any atom is -0.357 e. The molecule has 218 valence electrons. The lowest BCUT2D eigenvalue weighted by molar-refractivity contribution is -0.139. The fraction of sp³-hybridized carbons (Fsp3) is 0.235. The second-order valence-electron chi connectivity index (χ2n) is 10.4. The van der Waals surface area contributed by atoms with E-state index in [1.807, 2.05) is 81.4 Å². The van der Waals surface area contributed by atoms with Gasteiger partial charge in [-0.25, -0.2) is 8.42 Å². The number of aryl methyl sites for hydroxylation is 3. The molecule has 0 aliphatic heterocycles. The summed E-state index contributed by atoms with van der Waals surface area (Å²) in [7, 11) is -2.58. The molecule has 0 spiro atoms. The van der Waals surface area contributed by atoms with Crippen LogP contribution in [0.3, 0.4) is 0 Å². The number of nitrogens with zero attached hydrogens (tertiary/aromatic N) is 2. The summed E-state index contributed by atoms with van der Waals surface area (Å²) in [5, 5.41) is 2.71. The molecular weight excluding hydrogens is 546 g/mol. The average Bonchev–Trinajstić information content (AvgIpc) is 3.00. The molecule has 2 amide bonds. The molecule has 0 fully saturated rings. The quantitative estimate of drug-likeness (QED) is 0.263. The summed E-state index contributed by atoms with van der Waals surface area (Å²) in [6.07, 6.45) is 0.271. The van der Waals surface area contributed by atoms with E-state index in [1.165, 1.54) is 24.1 Å². The second kappa shape index (κ2) is 13.5. The van der Waals surface area contributed by atoms with Crippen molar-refractivity contribution in [2.75, 3.05) is 17.9 Å². The summed E-state index contributed by atoms with van der Waals surface area (Å²) >= 11 is 0. The predicted molar refractivity (Wildman–Crippen MR) is 167 cm³/mol. The fourth-order valence-corrected chi connectivity index (χ4v) is 6.17. The van der Waals surface area contributed by atoms with E-state index in [1.54, 1.807) is 30.3 Å². The monoisotopic (exact) mass is 583 g/mol. The van der Waals surface area contributed by atoms with Crippen molar-refractivity contribution in [1.29, 1.82) is 0 Å². The Morgan fingerprint density at radius 2 is 1.38 bits per heavy atom. The van der Waals surface area contributed by atoms with Gasteiger partial charge < -0.3 is 10.2 Å². The fourth-order valence-electron chi connectivity index (χ4n) is 4.74. The maximum Gasteiger partial charge on any atom is 0.264 e. The van der Waals surface area contributed by atoms with Gasteiger partial charge in [-0.1, -0.05) is 84.4 Å². The minimum absolute atomic E-state index is 0.0771. The number of hydrogen-bond acceptors (Lipinski definition) is 4. The molecule has 0 heterocycles. The number of rotatable bonds is 11. The first kappa shape index (κ1) is 30.5. The van der Waals surface area contributed by atoms with Crippen molar-refractivity contribution in [3.05, 3.63) is 131 Å². The summed E-state index contributed by atoms with van der Waals surface area (Å²) in [4.78, 5) is 29.2. The van der Waals surface area contributed by atoms with E-state index in [0.29, 0.717) is 5.69 Å². The molecule has 0 radical (unpaired) electrons. The average molecular weight is 584 g/mol. The first-order valence-electron chi connectivity index (χ1n) is 13.9. The molecule has 4 aromatic rings. The van der Waals surface area contributed by atoms with Gasteiger partial charge in [-0.3, -0.25) is 13.9 Å². The topological polar surface area (TPSA) is 86.8 Å². The molecular formula is C34H37N3O4S. The van der Waals surface area contributed by atoms with E-state index in [2.05, 4.69) is 5.32 Å². The van der Waals surface area contributed by atoms with Crippen LogP contribution < -0.4 is 9.62 Å². The minimum atomic E-state index is -4.12. The highest BCUT2D eigenvalue weighted by atomic mass is 32.2. The first-order valence-corrected chi connectivity index (χ1v) is 15.3. The molecule has 8 heteroatoms. The normalized spacial score (nSPS) is 11.9. The van der Waals surface area contributed by atoms with Crippen LogP contribution in [0.15, 0.2) is 108 Å². The Labute approximate surface area is 248 Å². The molecule has 4 rings (SSSR count). The van der Waals surface area contributed by atoms with Gasteiger partial charge >= 0.3 is 0 Å². The van der Waals surface area contributed by atoms with Crippen LogP contribution in [-0.2, 0) is 32.6 Å². The zero-order valence-electron chi connectivity index (χ0n) is 24.4. The Balaban J connectivity index is 1.79. The Bertz CT molecular complexity index is 1620. The van der Waals surface area contributed by atoms with Gasteiger partial charge in [0.2, 0.25) is 11.8 Å². The maximum absolute atomic E-state index is 14.3. The summed E-state index contributed by atoms with van der Waals surface area (Å²) in [5.74, 6) is -0.819. The van der Waals surface area contributed by atoms with E-state index < -0.39 is 28.5 Å². The predicted octanol–water partition coefficient (Wildman–Crippen LogP) is 5.19. The molecule has 0 aromatic heterocycles. The molecule has 1 atom stereocenters. The van der Waals surface area contributed by atoms with Gasteiger partial charge in [-0.2, -0.15) is 0 Å². The zero-order valence-corrected chi connectivity index (χ0v) is 25.3. The van der Waals surface area contributed by atoms with Crippen LogP contribution in [-0.4, -0.2) is 44.8 Å². The lowest BCUT2D eigenvalue weighted by Crippen LogP contribution is -2.53. The third-order valence-electron chi connectivity index (χ3n) is 7.38. The van der Waals surface area contributed by atoms with Crippen molar-refractivity contribution in [3.63, 3.8) is 0 Å². The van der Waals surface area contributed by atoms with Crippen molar-refractivity contribution in [1.82, 2.24) is 10.2 Å². The zero-order chi connectivity index (χ0) is 30.3. The Morgan fingerprint density at radius 3 is 1.98 bits per heavy atom. The summed E-state index contributed by atoms with van der Waals surface area (Å²) in [5.41, 5.74) is 5.07. The van der Waals surface area contributed by atoms with Gasteiger partial charge in [0.15, 0.2) is 0 Å². The number of carbonyl (C=O) groups excluding carboxylic acids is 2. The second-order valence-corrected chi connectivity index (χ2v) is 12.3. The third kappa shape index (κ3) is 7.25. The number of nitrogens with one attached hydrogen (secondary N) is 1. The van der Waals surface area contributed by atoms with Crippen LogP contribution in [0.5, 0.6) is 0 Å². The molecule has 0 aliphatic rings. The molecule has 4 aromatic carbocycles. The lowest BCUT2D eigenvalue weighted by atomic mass is 10.0. The number of carbonyl (C=O) groups is 2. The Morgan fingerprint density at radius 1 is 0.762 bits per heavy atom. The van der Waals surface area contributed by atoms with Crippen LogP contribution in [0.4, 0.5) is 5.69 Å². The molecule has 0 saturated carbocycles. The molecule has 1 unspecified atom stereocenters. The molecule has 42 heavy (non-hydrogen) atoms. The number of hydrogen-bond donors (Lipinski definition) is 1. The number of sulfonamides is 1. The van der Waals surface area contributed by atoms with Crippen LogP contribution >= 0.6 is 0 Å². The van der Waals surface area contributed by atoms with Gasteiger partial charge in [-0.15, -0.1) is 0 Å². The summed E-state index contributed by atoms with van der Waals surface area (Å²) in [6.45, 7) is 5.48. The van der Waals surface area contributed by atoms with E-state index in [0.717, 1.165) is 32.1 Å². The smallest absolute Gasteiger partial charge is 0.264 e. The summed E-state index contributed by atoms with van der Waals surface area (Å²) in [6, 6.07) is 29.7. The van der Waals surface area contributed by atoms with Crippen molar-refractivity contribution in [2.45, 2.75) is 44.7 Å². The summed E-state index contributed by atoms with van der Waals surface area (Å²) < 4.78 is 29.2. The number of benzene rings is 4. The third-order valence-corrected chi connectivity index (χ3v) is 9.17. The largest absolute Gasteiger partial charge is 0.357 e. The standard InChI is InChI=1S/C34H37N3O4S/c1-25-15-18-29(19-16-25)23-36(32(34(39)35-4)22-28-11-7-5-8-12-28)33(38)24-37(30-20-17-26(2)27(3)21-30)42(40,41)31-13-9-6-10-14-31/h5-21,32H,22-24H2,1-4H3,(H,35,39). The number of amides is 2. The first-order chi connectivity index (χ1) is 20.1. The highest BCUT2D eigenvalue weighted by Crippen LogP contribution is 2.27. The SMILES string of the molecule is CNC(=O)C(Cc1ccccc1)N(Cc1ccc(C)cc1)C(=O)CN(c1ccc(C)c(C)c1)S(=O)(=O)c1ccccc1. The van der Waals surface area contributed by atoms with Gasteiger partial charge in [0.1, 0.15) is 12.6 Å². The molecule has 7 nitrogen and oxygen atoms in total. The number of likely N-dealkylation sites (N-methyl/N-ethyl adjacent to an activating group) is 1. The highest BCUT2D eigenvalue weighted by Gasteiger charge is 2.34. The van der Waals surface area contributed by atoms with Crippen molar-refractivity contribution in [3.8, 4) is 0 Å². The van der Waals surface area contributed by atoms with Gasteiger partial charge in [0.25, 0.3) is 10.0 Å². The van der Waals surface area contributed by atoms with E-state index in [-0.39, 0.29) is 23.8 Å². The van der Waals surface area contributed by atoms with Crippen LogP contribution in [0.25, 0.3) is 0 Å². The van der Waals surface area contributed by atoms with Crippen LogP contribution in [0.1, 0.15) is 27.8 Å².